The summed E-state index contributed by atoms with van der Waals surface area (Å²) in [5, 5.41) is 0. The van der Waals surface area contributed by atoms with E-state index < -0.39 is 0 Å². The summed E-state index contributed by atoms with van der Waals surface area (Å²) in [6.45, 7) is 6.33. The number of hydrogen-bond acceptors (Lipinski definition) is 3. The van der Waals surface area contributed by atoms with E-state index in [2.05, 4.69) is 21.7 Å². The molecule has 0 atom stereocenters. The third-order valence-corrected chi connectivity index (χ3v) is 0.903. The maximum Gasteiger partial charge on any atom is 0.128 e. The Morgan fingerprint density at radius 2 is 2.18 bits per heavy atom. The molecule has 0 rings (SSSR count). The van der Waals surface area contributed by atoms with Crippen LogP contribution in [0.2, 0.25) is 0 Å². The van der Waals surface area contributed by atoms with E-state index in [1.54, 1.807) is 12.4 Å². The molecule has 0 aromatic carbocycles. The molecule has 60 valence electrons. The Balaban J connectivity index is 3.35. The van der Waals surface area contributed by atoms with E-state index in [0.717, 1.165) is 0 Å². The van der Waals surface area contributed by atoms with Gasteiger partial charge in [0.25, 0.3) is 0 Å². The van der Waals surface area contributed by atoms with Crippen molar-refractivity contribution in [1.82, 2.24) is 0 Å². The van der Waals surface area contributed by atoms with Crippen LogP contribution >= 0.6 is 0 Å². The summed E-state index contributed by atoms with van der Waals surface area (Å²) in [4.78, 5) is 11.4. The predicted molar refractivity (Wildman–Crippen MR) is 51.1 cm³/mol. The zero-order valence-electron chi connectivity index (χ0n) is 6.77. The zero-order chi connectivity index (χ0) is 8.36. The summed E-state index contributed by atoms with van der Waals surface area (Å²) < 4.78 is 0. The molecular weight excluding hydrogens is 138 g/mol. The van der Waals surface area contributed by atoms with Gasteiger partial charge in [-0.3, -0.25) is 15.0 Å². The minimum absolute atomic E-state index is 0.432. The molecule has 0 aliphatic heterocycles. The van der Waals surface area contributed by atoms with Crippen molar-refractivity contribution in [2.24, 2.45) is 15.0 Å². The number of rotatable bonds is 5. The van der Waals surface area contributed by atoms with Gasteiger partial charge >= 0.3 is 0 Å². The highest BCUT2D eigenvalue weighted by Crippen LogP contribution is 1.73. The SMILES string of the molecule is C=NCN=C/C=C\CN=CC. The summed E-state index contributed by atoms with van der Waals surface area (Å²) in [5.74, 6) is 0. The Kier molecular flexibility index (Phi) is 7.76. The van der Waals surface area contributed by atoms with Crippen LogP contribution in [-0.2, 0) is 0 Å². The quantitative estimate of drug-likeness (QED) is 0.532. The largest absolute Gasteiger partial charge is 0.294 e. The molecule has 0 aliphatic rings. The summed E-state index contributed by atoms with van der Waals surface area (Å²) in [6.07, 6.45) is 7.23. The molecule has 0 N–H and O–H groups in total. The fourth-order valence-corrected chi connectivity index (χ4v) is 0.454. The Hall–Kier alpha value is -1.25. The van der Waals surface area contributed by atoms with Crippen LogP contribution in [0, 0.1) is 0 Å². The van der Waals surface area contributed by atoms with E-state index in [1.807, 2.05) is 19.1 Å². The van der Waals surface area contributed by atoms with Crippen LogP contribution in [0.4, 0.5) is 0 Å². The average Bonchev–Trinajstić information content (AvgIpc) is 2.03. The van der Waals surface area contributed by atoms with Crippen LogP contribution < -0.4 is 0 Å². The van der Waals surface area contributed by atoms with Crippen LogP contribution in [0.15, 0.2) is 27.1 Å². The smallest absolute Gasteiger partial charge is 0.128 e. The van der Waals surface area contributed by atoms with Crippen molar-refractivity contribution in [3.63, 3.8) is 0 Å². The zero-order valence-corrected chi connectivity index (χ0v) is 6.77. The normalized spacial score (nSPS) is 12.1. The lowest BCUT2D eigenvalue weighted by molar-refractivity contribution is 1.09. The van der Waals surface area contributed by atoms with E-state index in [-0.39, 0.29) is 0 Å². The number of hydrogen-bond donors (Lipinski definition) is 0. The van der Waals surface area contributed by atoms with Crippen molar-refractivity contribution in [2.75, 3.05) is 13.2 Å². The minimum Gasteiger partial charge on any atom is -0.294 e. The molecule has 0 aromatic rings. The van der Waals surface area contributed by atoms with E-state index in [0.29, 0.717) is 13.2 Å². The standard InChI is InChI=1S/C8H13N3/c1-3-10-6-4-5-7-11-8-9-2/h3-5,7H,2,6,8H2,1H3/b5-4-,10-3?,11-7?. The molecular formula is C8H13N3. The molecule has 11 heavy (non-hydrogen) atoms. The lowest BCUT2D eigenvalue weighted by Crippen LogP contribution is -1.74. The second-order valence-corrected chi connectivity index (χ2v) is 1.75. The van der Waals surface area contributed by atoms with Gasteiger partial charge in [0.15, 0.2) is 0 Å². The van der Waals surface area contributed by atoms with Gasteiger partial charge in [-0.15, -0.1) is 0 Å². The number of aliphatic imine (C=N–C) groups is 3. The summed E-state index contributed by atoms with van der Waals surface area (Å²) in [7, 11) is 0. The Bertz CT molecular complexity index is 168. The van der Waals surface area contributed by atoms with Crippen molar-refractivity contribution in [3.8, 4) is 0 Å². The van der Waals surface area contributed by atoms with Gasteiger partial charge in [-0.2, -0.15) is 0 Å². The van der Waals surface area contributed by atoms with Crippen LogP contribution in [0.3, 0.4) is 0 Å². The second kappa shape index (κ2) is 8.75. The molecule has 0 saturated heterocycles. The maximum atomic E-state index is 3.98. The third kappa shape index (κ3) is 8.75. The minimum atomic E-state index is 0.432. The van der Waals surface area contributed by atoms with Gasteiger partial charge in [-0.1, -0.05) is 6.08 Å². The lowest BCUT2D eigenvalue weighted by atomic mass is 10.5. The highest BCUT2D eigenvalue weighted by atomic mass is 14.9. The first-order valence-electron chi connectivity index (χ1n) is 3.43. The molecule has 0 amide bonds. The number of allylic oxidation sites excluding steroid dienone is 1. The van der Waals surface area contributed by atoms with Crippen molar-refractivity contribution in [1.29, 1.82) is 0 Å². The molecule has 3 nitrogen and oxygen atoms in total. The summed E-state index contributed by atoms with van der Waals surface area (Å²) in [6, 6.07) is 0. The third-order valence-electron chi connectivity index (χ3n) is 0.903. The Morgan fingerprint density at radius 1 is 1.36 bits per heavy atom. The lowest BCUT2D eigenvalue weighted by Gasteiger charge is -1.79. The molecule has 0 heterocycles. The van der Waals surface area contributed by atoms with E-state index in [4.69, 9.17) is 0 Å². The topological polar surface area (TPSA) is 37.1 Å². The molecule has 0 radical (unpaired) electrons. The Labute approximate surface area is 67.3 Å². The molecule has 0 spiro atoms. The van der Waals surface area contributed by atoms with E-state index in [9.17, 15) is 0 Å². The highest BCUT2D eigenvalue weighted by Gasteiger charge is 1.67. The van der Waals surface area contributed by atoms with E-state index >= 15 is 0 Å². The second-order valence-electron chi connectivity index (χ2n) is 1.75. The van der Waals surface area contributed by atoms with Crippen molar-refractivity contribution < 1.29 is 0 Å². The van der Waals surface area contributed by atoms with Crippen molar-refractivity contribution in [2.45, 2.75) is 6.92 Å². The fourth-order valence-electron chi connectivity index (χ4n) is 0.454. The molecule has 0 saturated carbocycles. The summed E-state index contributed by atoms with van der Waals surface area (Å²) in [5.41, 5.74) is 0. The van der Waals surface area contributed by atoms with Crippen LogP contribution in [-0.4, -0.2) is 32.4 Å². The molecule has 0 unspecified atom stereocenters. The van der Waals surface area contributed by atoms with Crippen molar-refractivity contribution >= 4 is 19.1 Å². The van der Waals surface area contributed by atoms with Crippen LogP contribution in [0.5, 0.6) is 0 Å². The first-order chi connectivity index (χ1) is 5.41. The molecule has 0 bridgehead atoms. The monoisotopic (exact) mass is 151 g/mol. The molecule has 3 heteroatoms. The van der Waals surface area contributed by atoms with E-state index in [1.165, 1.54) is 0 Å². The number of nitrogens with zero attached hydrogens (tertiary/aromatic N) is 3. The Morgan fingerprint density at radius 3 is 2.82 bits per heavy atom. The predicted octanol–water partition coefficient (Wildman–Crippen LogP) is 1.36. The first kappa shape index (κ1) is 9.75. The van der Waals surface area contributed by atoms with Gasteiger partial charge in [0, 0.05) is 6.21 Å². The molecule has 0 fully saturated rings. The molecule has 0 aliphatic carbocycles. The average molecular weight is 151 g/mol. The molecule has 0 aromatic heterocycles. The maximum absolute atomic E-state index is 3.98. The first-order valence-corrected chi connectivity index (χ1v) is 3.43. The van der Waals surface area contributed by atoms with Gasteiger partial charge in [0.05, 0.1) is 6.54 Å². The van der Waals surface area contributed by atoms with Crippen LogP contribution in [0.25, 0.3) is 0 Å². The highest BCUT2D eigenvalue weighted by molar-refractivity contribution is 5.71. The van der Waals surface area contributed by atoms with Gasteiger partial charge in [0.2, 0.25) is 0 Å². The van der Waals surface area contributed by atoms with Crippen LogP contribution in [0.1, 0.15) is 6.92 Å². The fraction of sp³-hybridized carbons (Fsp3) is 0.375. The van der Waals surface area contributed by atoms with Gasteiger partial charge in [-0.25, -0.2) is 0 Å². The summed E-state index contributed by atoms with van der Waals surface area (Å²) >= 11 is 0. The van der Waals surface area contributed by atoms with Gasteiger partial charge in [-0.05, 0) is 25.9 Å². The van der Waals surface area contributed by atoms with Gasteiger partial charge < -0.3 is 0 Å². The van der Waals surface area contributed by atoms with Gasteiger partial charge in [0.1, 0.15) is 6.67 Å². The van der Waals surface area contributed by atoms with Crippen molar-refractivity contribution in [3.05, 3.63) is 12.2 Å².